The monoisotopic (exact) mass is 1500 g/mol. The number of rotatable bonds is 22. The maximum atomic E-state index is 12.6. The van der Waals surface area contributed by atoms with Gasteiger partial charge in [0.1, 0.15) is 56.0 Å². The number of phenols is 1. The molecule has 3 aliphatic heterocycles. The zero-order chi connectivity index (χ0) is 79.4. The van der Waals surface area contributed by atoms with Gasteiger partial charge in [0.15, 0.2) is 5.75 Å². The van der Waals surface area contributed by atoms with Gasteiger partial charge >= 0.3 is 6.09 Å². The molecular weight excluding hydrogens is 1400 g/mol. The van der Waals surface area contributed by atoms with Crippen molar-refractivity contribution < 1.29 is 48.4 Å². The summed E-state index contributed by atoms with van der Waals surface area (Å²) in [5.41, 5.74) is 25.0. The highest BCUT2D eigenvalue weighted by atomic mass is 16.6. The van der Waals surface area contributed by atoms with Crippen LogP contribution >= 0.6 is 0 Å². The summed E-state index contributed by atoms with van der Waals surface area (Å²) in [4.78, 5) is 42.9. The van der Waals surface area contributed by atoms with Gasteiger partial charge in [0.05, 0.1) is 33.4 Å². The SMILES string of the molecule is CN(C)c1ccc2c(c1O)CCNC2.CN(C)c1ccc2c(c1OCc1ccccc1)CCN(C(=O)OCc1ccccc1)C2.CN(C)c1ccc2c(c1OCc1ccccc1)CCNC2.CN(C)c1cccc(/C=C/N)c1OCc1ccccc1.CN(C)c1cccc(/C=C/[N+](=O)[O-])c1OCc1ccccc1.O=CO. The number of nitro groups is 1. The molecule has 1 amide bonds. The van der Waals surface area contributed by atoms with Crippen molar-refractivity contribution in [2.24, 2.45) is 5.73 Å². The maximum Gasteiger partial charge on any atom is 0.410 e. The number of anilines is 5. The lowest BCUT2D eigenvalue weighted by molar-refractivity contribution is -0.400. The molecule has 6 N–H and O–H groups in total. The topological polar surface area (TPSA) is 233 Å². The number of phenolic OH excluding ortho intramolecular Hbond substituents is 1. The first kappa shape index (κ1) is 84.2. The number of benzene rings is 10. The van der Waals surface area contributed by atoms with E-state index >= 15 is 0 Å². The summed E-state index contributed by atoms with van der Waals surface area (Å²) in [6.45, 7) is 7.03. The van der Waals surface area contributed by atoms with E-state index < -0.39 is 4.92 Å². The fourth-order valence-corrected chi connectivity index (χ4v) is 12.6. The van der Waals surface area contributed by atoms with Crippen LogP contribution in [-0.2, 0) is 81.5 Å². The third-order valence-corrected chi connectivity index (χ3v) is 18.2. The van der Waals surface area contributed by atoms with Crippen molar-refractivity contribution in [1.82, 2.24) is 15.5 Å². The number of amides is 1. The Labute approximate surface area is 654 Å². The van der Waals surface area contributed by atoms with E-state index in [1.54, 1.807) is 11.0 Å². The van der Waals surface area contributed by atoms with Gasteiger partial charge in [-0.15, -0.1) is 0 Å². The number of carbonyl (C=O) groups is 2. The number of hydrogen-bond donors (Lipinski definition) is 5. The molecule has 0 saturated carbocycles. The lowest BCUT2D eigenvalue weighted by Gasteiger charge is -2.31. The molecule has 582 valence electrons. The molecule has 0 atom stereocenters. The number of aromatic hydroxyl groups is 1. The molecule has 3 heterocycles. The zero-order valence-electron chi connectivity index (χ0n) is 65.4. The van der Waals surface area contributed by atoms with Gasteiger partial charge in [0.2, 0.25) is 6.20 Å². The van der Waals surface area contributed by atoms with Crippen molar-refractivity contribution in [1.29, 1.82) is 0 Å². The number of nitrogens with zero attached hydrogens (tertiary/aromatic N) is 7. The highest BCUT2D eigenvalue weighted by Gasteiger charge is 2.27. The fraction of sp³-hybridized carbons (Fsp3) is 0.267. The van der Waals surface area contributed by atoms with E-state index in [4.69, 9.17) is 39.3 Å². The third kappa shape index (κ3) is 25.6. The number of carboxylic acid groups (broad SMARTS) is 1. The van der Waals surface area contributed by atoms with E-state index in [0.717, 1.165) is 136 Å². The lowest BCUT2D eigenvalue weighted by atomic mass is 9.97. The van der Waals surface area contributed by atoms with Crippen molar-refractivity contribution in [3.63, 3.8) is 0 Å². The number of para-hydroxylation sites is 2. The van der Waals surface area contributed by atoms with Gasteiger partial charge in [-0.1, -0.05) is 194 Å². The van der Waals surface area contributed by atoms with Crippen LogP contribution in [0.25, 0.3) is 12.2 Å². The maximum absolute atomic E-state index is 12.6. The summed E-state index contributed by atoms with van der Waals surface area (Å²) in [7, 11) is 19.9. The van der Waals surface area contributed by atoms with E-state index in [-0.39, 0.29) is 19.2 Å². The van der Waals surface area contributed by atoms with Crippen LogP contribution in [0.5, 0.6) is 28.7 Å². The highest BCUT2D eigenvalue weighted by Crippen LogP contribution is 2.40. The quantitative estimate of drug-likeness (QED) is 0.0241. The molecule has 0 unspecified atom stereocenters. The first-order chi connectivity index (χ1) is 53.8. The van der Waals surface area contributed by atoms with Crippen LogP contribution in [0.15, 0.2) is 237 Å². The van der Waals surface area contributed by atoms with Gasteiger partial charge in [-0.2, -0.15) is 0 Å². The van der Waals surface area contributed by atoms with Crippen LogP contribution in [0.2, 0.25) is 0 Å². The molecule has 13 rings (SSSR count). The summed E-state index contributed by atoms with van der Waals surface area (Å²) < 4.78 is 30.0. The Balaban J connectivity index is 0.000000176. The van der Waals surface area contributed by atoms with Gasteiger partial charge < -0.3 is 79.7 Å². The van der Waals surface area contributed by atoms with Crippen LogP contribution in [0.4, 0.5) is 33.2 Å². The second kappa shape index (κ2) is 44.1. The molecule has 0 spiro atoms. The summed E-state index contributed by atoms with van der Waals surface area (Å²) in [5, 5.41) is 34.2. The molecule has 0 bridgehead atoms. The second-order valence-corrected chi connectivity index (χ2v) is 27.3. The average molecular weight is 1500 g/mol. The highest BCUT2D eigenvalue weighted by molar-refractivity contribution is 5.72. The summed E-state index contributed by atoms with van der Waals surface area (Å²) in [6.07, 6.45) is 8.17. The molecule has 0 aromatic heterocycles. The molecule has 0 saturated heterocycles. The Kier molecular flexibility index (Phi) is 33.5. The molecule has 0 fully saturated rings. The smallest absolute Gasteiger partial charge is 0.410 e. The molecule has 10 aromatic carbocycles. The molecule has 3 aliphatic rings. The third-order valence-electron chi connectivity index (χ3n) is 18.2. The van der Waals surface area contributed by atoms with Gasteiger partial charge in [-0.05, 0) is 119 Å². The molecule has 10 aromatic rings. The van der Waals surface area contributed by atoms with Gasteiger partial charge in [-0.3, -0.25) is 14.9 Å². The normalized spacial score (nSPS) is 12.2. The first-order valence-corrected chi connectivity index (χ1v) is 36.9. The summed E-state index contributed by atoms with van der Waals surface area (Å²) in [5.74, 6) is 3.89. The zero-order valence-corrected chi connectivity index (χ0v) is 65.4. The van der Waals surface area contributed by atoms with Crippen LogP contribution in [0, 0.1) is 10.1 Å². The number of nitrogens with one attached hydrogen (secondary N) is 2. The number of nitrogens with two attached hydrogens (primary N) is 1. The molecular formula is C90H106N10O11. The molecule has 0 radical (unpaired) electrons. The minimum Gasteiger partial charge on any atom is -0.505 e. The van der Waals surface area contributed by atoms with Crippen molar-refractivity contribution in [2.45, 2.75) is 71.9 Å². The Morgan fingerprint density at radius 2 is 0.793 bits per heavy atom. The first-order valence-electron chi connectivity index (χ1n) is 36.9. The van der Waals surface area contributed by atoms with Gasteiger partial charge in [0.25, 0.3) is 6.47 Å². The summed E-state index contributed by atoms with van der Waals surface area (Å²) in [6, 6.07) is 74.4. The number of carbonyl (C=O) groups excluding carboxylic acids is 1. The Morgan fingerprint density at radius 3 is 1.19 bits per heavy atom. The molecule has 21 nitrogen and oxygen atoms in total. The predicted octanol–water partition coefficient (Wildman–Crippen LogP) is 15.6. The van der Waals surface area contributed by atoms with Crippen LogP contribution in [0.1, 0.15) is 72.3 Å². The van der Waals surface area contributed by atoms with Gasteiger partial charge in [-0.25, -0.2) is 4.79 Å². The van der Waals surface area contributed by atoms with E-state index in [1.165, 1.54) is 40.1 Å². The Hall–Kier alpha value is -12.5. The van der Waals surface area contributed by atoms with Crippen molar-refractivity contribution in [2.75, 3.05) is 115 Å². The van der Waals surface area contributed by atoms with E-state index in [9.17, 15) is 20.0 Å². The van der Waals surface area contributed by atoms with Crippen molar-refractivity contribution in [3.8, 4) is 28.7 Å². The van der Waals surface area contributed by atoms with Crippen LogP contribution < -0.4 is 59.8 Å². The largest absolute Gasteiger partial charge is 0.505 e. The van der Waals surface area contributed by atoms with Crippen LogP contribution in [0.3, 0.4) is 0 Å². The van der Waals surface area contributed by atoms with E-state index in [1.807, 2.05) is 217 Å². The average Bonchev–Trinajstić information content (AvgIpc) is 0.796. The summed E-state index contributed by atoms with van der Waals surface area (Å²) >= 11 is 0. The minimum absolute atomic E-state index is 0.250. The lowest BCUT2D eigenvalue weighted by Crippen LogP contribution is -2.36. The van der Waals surface area contributed by atoms with Crippen molar-refractivity contribution in [3.05, 3.63) is 319 Å². The minimum atomic E-state index is -0.483. The molecule has 21 heteroatoms. The number of hydrogen-bond acceptors (Lipinski definition) is 18. The fourth-order valence-electron chi connectivity index (χ4n) is 12.6. The molecule has 0 aliphatic carbocycles. The number of fused-ring (bicyclic) bond motifs is 3. The molecule has 111 heavy (non-hydrogen) atoms. The van der Waals surface area contributed by atoms with Gasteiger partial charge in [0, 0.05) is 131 Å². The van der Waals surface area contributed by atoms with Crippen molar-refractivity contribution >= 4 is 53.2 Å². The second-order valence-electron chi connectivity index (χ2n) is 27.3. The van der Waals surface area contributed by atoms with Crippen LogP contribution in [-0.4, -0.2) is 123 Å². The van der Waals surface area contributed by atoms with E-state index in [0.29, 0.717) is 56.6 Å². The Morgan fingerprint density at radius 1 is 0.450 bits per heavy atom. The standard InChI is InChI=1S/C26H28N2O3.C18H22N2O.C17H18N2O3.C17H20N2O.C11H16N2O.CH2O2/c1-27(2)24-14-13-22-17-28(26(29)31-19-21-11-7-4-8-12-21)16-15-23(22)25(24)30-18-20-9-5-3-6-10-20;1-20(2)17-9-8-15-12-19-11-10-16(15)18(17)21-13-14-6-4-3-5-7-14;1-18(2)16-10-6-9-15(11-12-19(20)21)17(16)22-13-14-7-4-3-5-8-14;1-19(2)16-10-6-9-15(11-12-18)17(16)20-13-14-7-4-3-5-8-14;1-13(2)10-4-3-8-7-12-6-5-9(8)11(10)14;2-1-3/h3-14H,15-19H2,1-2H3;3-9,19H,10-13H2,1-2H3;3-12H,13H2,1-2H3;3-12H,13,18H2,1-2H3;3-4,12,14H,5-7H2,1-2H3;1H,(H,2,3)/b;;2*12-11+;;. The van der Waals surface area contributed by atoms with E-state index in [2.05, 4.69) is 113 Å². The predicted molar refractivity (Wildman–Crippen MR) is 448 cm³/mol. The Bertz CT molecular complexity index is 4590. The number of ether oxygens (including phenoxy) is 5.